The van der Waals surface area contributed by atoms with Gasteiger partial charge in [-0.1, -0.05) is 16.8 Å². The van der Waals surface area contributed by atoms with Crippen LogP contribution in [-0.2, 0) is 6.54 Å². The second-order valence-electron chi connectivity index (χ2n) is 3.25. The number of hydrogen-bond acceptors (Lipinski definition) is 5. The molecular formula is C9H9ClN6O. The van der Waals surface area contributed by atoms with Crippen molar-refractivity contribution >= 4 is 23.2 Å². The van der Waals surface area contributed by atoms with E-state index in [0.717, 1.165) is 0 Å². The summed E-state index contributed by atoms with van der Waals surface area (Å²) in [6, 6.07) is 4.70. The molecule has 0 atom stereocenters. The molecule has 0 spiro atoms. The molecule has 2 rings (SSSR count). The van der Waals surface area contributed by atoms with Crippen molar-refractivity contribution < 1.29 is 4.79 Å². The van der Waals surface area contributed by atoms with Gasteiger partial charge < -0.3 is 11.1 Å². The number of aromatic amines is 1. The van der Waals surface area contributed by atoms with Crippen molar-refractivity contribution in [3.8, 4) is 0 Å². The van der Waals surface area contributed by atoms with Crippen LogP contribution in [0.15, 0.2) is 18.2 Å². The van der Waals surface area contributed by atoms with Gasteiger partial charge in [0.1, 0.15) is 0 Å². The molecule has 0 saturated heterocycles. The summed E-state index contributed by atoms with van der Waals surface area (Å²) in [5, 5.41) is 16.0. The van der Waals surface area contributed by atoms with Gasteiger partial charge in [-0.05, 0) is 18.2 Å². The number of benzene rings is 1. The minimum absolute atomic E-state index is 0.167. The Bertz CT molecular complexity index is 526. The van der Waals surface area contributed by atoms with Crippen molar-refractivity contribution in [2.24, 2.45) is 0 Å². The molecule has 1 aromatic heterocycles. The highest BCUT2D eigenvalue weighted by Crippen LogP contribution is 2.18. The highest BCUT2D eigenvalue weighted by Gasteiger charge is 2.11. The molecule has 0 radical (unpaired) electrons. The molecule has 0 saturated carbocycles. The quantitative estimate of drug-likeness (QED) is 0.684. The molecule has 0 aliphatic heterocycles. The molecule has 2 aromatic rings. The summed E-state index contributed by atoms with van der Waals surface area (Å²) >= 11 is 5.89. The van der Waals surface area contributed by atoms with Gasteiger partial charge >= 0.3 is 0 Å². The lowest BCUT2D eigenvalue weighted by molar-refractivity contribution is 0.0950. The molecule has 1 aromatic carbocycles. The first-order valence-electron chi connectivity index (χ1n) is 4.72. The third kappa shape index (κ3) is 2.70. The van der Waals surface area contributed by atoms with E-state index in [0.29, 0.717) is 22.1 Å². The van der Waals surface area contributed by atoms with E-state index in [1.54, 1.807) is 12.1 Å². The first-order chi connectivity index (χ1) is 8.16. The van der Waals surface area contributed by atoms with Crippen LogP contribution in [0.4, 0.5) is 5.69 Å². The topological polar surface area (TPSA) is 110 Å². The van der Waals surface area contributed by atoms with Crippen LogP contribution in [0.1, 0.15) is 16.2 Å². The van der Waals surface area contributed by atoms with Gasteiger partial charge in [0.05, 0.1) is 17.1 Å². The fraction of sp³-hybridized carbons (Fsp3) is 0.111. The molecule has 1 amide bonds. The number of nitrogens with two attached hydrogens (primary N) is 1. The van der Waals surface area contributed by atoms with Crippen molar-refractivity contribution in [2.75, 3.05) is 5.73 Å². The number of hydrogen-bond donors (Lipinski definition) is 3. The predicted molar refractivity (Wildman–Crippen MR) is 61.2 cm³/mol. The van der Waals surface area contributed by atoms with Crippen molar-refractivity contribution in [2.45, 2.75) is 6.54 Å². The van der Waals surface area contributed by atoms with Crippen LogP contribution in [0.25, 0.3) is 0 Å². The molecule has 17 heavy (non-hydrogen) atoms. The molecule has 0 aliphatic rings. The molecule has 0 bridgehead atoms. The number of halogens is 1. The fourth-order valence-electron chi connectivity index (χ4n) is 1.23. The highest BCUT2D eigenvalue weighted by atomic mass is 35.5. The number of amides is 1. The molecule has 0 aliphatic carbocycles. The number of H-pyrrole nitrogens is 1. The second kappa shape index (κ2) is 4.79. The number of carbonyl (C=O) groups is 1. The first kappa shape index (κ1) is 11.3. The molecule has 1 heterocycles. The third-order valence-electron chi connectivity index (χ3n) is 2.03. The Morgan fingerprint density at radius 3 is 3.06 bits per heavy atom. The average Bonchev–Trinajstić information content (AvgIpc) is 2.82. The summed E-state index contributed by atoms with van der Waals surface area (Å²) in [6.45, 7) is 0.167. The normalized spacial score (nSPS) is 10.2. The maximum absolute atomic E-state index is 11.8. The van der Waals surface area contributed by atoms with Crippen molar-refractivity contribution in [1.82, 2.24) is 25.9 Å². The van der Waals surface area contributed by atoms with E-state index in [2.05, 4.69) is 25.9 Å². The van der Waals surface area contributed by atoms with Crippen molar-refractivity contribution in [3.63, 3.8) is 0 Å². The lowest BCUT2D eigenvalue weighted by Gasteiger charge is -2.05. The Kier molecular flexibility index (Phi) is 3.20. The van der Waals surface area contributed by atoms with E-state index in [9.17, 15) is 4.79 Å². The van der Waals surface area contributed by atoms with Gasteiger partial charge in [-0.25, -0.2) is 0 Å². The molecule has 7 nitrogen and oxygen atoms in total. The molecule has 0 fully saturated rings. The molecule has 4 N–H and O–H groups in total. The lowest BCUT2D eigenvalue weighted by atomic mass is 10.2. The number of rotatable bonds is 3. The molecule has 8 heteroatoms. The van der Waals surface area contributed by atoms with Gasteiger partial charge in [0, 0.05) is 5.69 Å². The summed E-state index contributed by atoms with van der Waals surface area (Å²) in [5.41, 5.74) is 6.36. The largest absolute Gasteiger partial charge is 0.399 e. The molecular weight excluding hydrogens is 244 g/mol. The minimum Gasteiger partial charge on any atom is -0.399 e. The zero-order valence-corrected chi connectivity index (χ0v) is 9.40. The Morgan fingerprint density at radius 2 is 2.35 bits per heavy atom. The monoisotopic (exact) mass is 252 g/mol. The van der Waals surface area contributed by atoms with Crippen LogP contribution < -0.4 is 11.1 Å². The Labute approximate surface area is 101 Å². The molecule has 0 unspecified atom stereocenters. The summed E-state index contributed by atoms with van der Waals surface area (Å²) in [4.78, 5) is 11.8. The number of nitrogens with zero attached hydrogens (tertiary/aromatic N) is 3. The van der Waals surface area contributed by atoms with Crippen LogP contribution in [-0.4, -0.2) is 26.5 Å². The summed E-state index contributed by atoms with van der Waals surface area (Å²) in [7, 11) is 0. The number of nitrogen functional groups attached to an aromatic ring is 1. The SMILES string of the molecule is Nc1ccc(Cl)c(C(=O)NCc2nn[nH]n2)c1. The lowest BCUT2D eigenvalue weighted by Crippen LogP contribution is -2.23. The van der Waals surface area contributed by atoms with Crippen molar-refractivity contribution in [1.29, 1.82) is 0 Å². The number of carbonyl (C=O) groups excluding carboxylic acids is 1. The van der Waals surface area contributed by atoms with Gasteiger partial charge in [0.2, 0.25) is 0 Å². The predicted octanol–water partition coefficient (Wildman–Crippen LogP) is 0.365. The van der Waals surface area contributed by atoms with E-state index in [4.69, 9.17) is 17.3 Å². The number of anilines is 1. The van der Waals surface area contributed by atoms with E-state index < -0.39 is 0 Å². The Hall–Kier alpha value is -2.15. The van der Waals surface area contributed by atoms with Crippen molar-refractivity contribution in [3.05, 3.63) is 34.6 Å². The maximum atomic E-state index is 11.8. The van der Waals surface area contributed by atoms with Gasteiger partial charge in [0.15, 0.2) is 5.82 Å². The van der Waals surface area contributed by atoms with Crippen LogP contribution in [0.5, 0.6) is 0 Å². The molecule has 88 valence electrons. The smallest absolute Gasteiger partial charge is 0.253 e. The zero-order valence-electron chi connectivity index (χ0n) is 8.64. The standard InChI is InChI=1S/C9H9ClN6O/c10-7-2-1-5(11)3-6(7)9(17)12-4-8-13-15-16-14-8/h1-3H,4,11H2,(H,12,17)(H,13,14,15,16). The van der Waals surface area contributed by atoms with Crippen LogP contribution in [0.2, 0.25) is 5.02 Å². The fourth-order valence-corrected chi connectivity index (χ4v) is 1.43. The van der Waals surface area contributed by atoms with E-state index in [1.807, 2.05) is 0 Å². The van der Waals surface area contributed by atoms with Crippen LogP contribution in [0.3, 0.4) is 0 Å². The second-order valence-corrected chi connectivity index (χ2v) is 3.66. The van der Waals surface area contributed by atoms with Crippen LogP contribution >= 0.6 is 11.6 Å². The minimum atomic E-state index is -0.341. The van der Waals surface area contributed by atoms with E-state index in [-0.39, 0.29) is 12.5 Å². The maximum Gasteiger partial charge on any atom is 0.253 e. The summed E-state index contributed by atoms with van der Waals surface area (Å²) < 4.78 is 0. The number of nitrogens with one attached hydrogen (secondary N) is 2. The Morgan fingerprint density at radius 1 is 1.53 bits per heavy atom. The van der Waals surface area contributed by atoms with Gasteiger partial charge in [-0.2, -0.15) is 5.21 Å². The number of aromatic nitrogens is 4. The highest BCUT2D eigenvalue weighted by molar-refractivity contribution is 6.34. The van der Waals surface area contributed by atoms with E-state index >= 15 is 0 Å². The zero-order chi connectivity index (χ0) is 12.3. The van der Waals surface area contributed by atoms with Crippen LogP contribution in [0, 0.1) is 0 Å². The first-order valence-corrected chi connectivity index (χ1v) is 5.10. The van der Waals surface area contributed by atoms with Gasteiger partial charge in [-0.3, -0.25) is 4.79 Å². The summed E-state index contributed by atoms with van der Waals surface area (Å²) in [6.07, 6.45) is 0. The van der Waals surface area contributed by atoms with Gasteiger partial charge in [-0.15, -0.1) is 10.2 Å². The third-order valence-corrected chi connectivity index (χ3v) is 2.36. The number of tetrazole rings is 1. The van der Waals surface area contributed by atoms with Gasteiger partial charge in [0.25, 0.3) is 5.91 Å². The van der Waals surface area contributed by atoms with E-state index in [1.165, 1.54) is 6.07 Å². The average molecular weight is 253 g/mol. The Balaban J connectivity index is 2.07. The summed E-state index contributed by atoms with van der Waals surface area (Å²) in [5.74, 6) is 0.0467.